The fourth-order valence-electron chi connectivity index (χ4n) is 2.16. The van der Waals surface area contributed by atoms with E-state index in [1.54, 1.807) is 0 Å². The predicted octanol–water partition coefficient (Wildman–Crippen LogP) is -0.551. The summed E-state index contributed by atoms with van der Waals surface area (Å²) in [6.07, 6.45) is -1.82. The van der Waals surface area contributed by atoms with Crippen LogP contribution in [0.4, 0.5) is 5.69 Å². The van der Waals surface area contributed by atoms with Crippen LogP contribution < -0.4 is 16.0 Å². The molecule has 1 aliphatic heterocycles. The summed E-state index contributed by atoms with van der Waals surface area (Å²) in [5.74, 6) is 0. The average molecular weight is 251 g/mol. The molecule has 2 rings (SSSR count). The van der Waals surface area contributed by atoms with Gasteiger partial charge in [-0.15, -0.1) is 0 Å². The van der Waals surface area contributed by atoms with E-state index in [4.69, 9.17) is 5.73 Å². The molecule has 0 saturated carbocycles. The maximum absolute atomic E-state index is 9.84. The Morgan fingerprint density at radius 2 is 1.78 bits per heavy atom. The summed E-state index contributed by atoms with van der Waals surface area (Å²) in [4.78, 5) is 2.30. The summed E-state index contributed by atoms with van der Waals surface area (Å²) in [7, 11) is 0. The van der Waals surface area contributed by atoms with Gasteiger partial charge in [0.2, 0.25) is 0 Å². The van der Waals surface area contributed by atoms with Crippen LogP contribution in [-0.4, -0.2) is 49.0 Å². The molecule has 1 saturated heterocycles. The molecule has 5 heteroatoms. The van der Waals surface area contributed by atoms with Crippen molar-refractivity contribution in [1.82, 2.24) is 5.32 Å². The first kappa shape index (κ1) is 13.3. The van der Waals surface area contributed by atoms with Gasteiger partial charge in [0.05, 0.1) is 6.10 Å². The minimum atomic E-state index is -0.910. The number of aliphatic hydroxyl groups excluding tert-OH is 2. The van der Waals surface area contributed by atoms with Gasteiger partial charge < -0.3 is 26.2 Å². The van der Waals surface area contributed by atoms with E-state index in [1.165, 1.54) is 0 Å². The third-order valence-electron chi connectivity index (χ3n) is 3.32. The second-order valence-corrected chi connectivity index (χ2v) is 4.58. The quantitative estimate of drug-likeness (QED) is 0.577. The van der Waals surface area contributed by atoms with Crippen LogP contribution in [0.5, 0.6) is 0 Å². The maximum Gasteiger partial charge on any atom is 0.106 e. The lowest BCUT2D eigenvalue weighted by molar-refractivity contribution is 0.0243. The highest BCUT2D eigenvalue weighted by Gasteiger charge is 2.17. The Morgan fingerprint density at radius 1 is 1.17 bits per heavy atom. The summed E-state index contributed by atoms with van der Waals surface area (Å²) < 4.78 is 0. The highest BCUT2D eigenvalue weighted by molar-refractivity contribution is 5.48. The molecule has 0 aliphatic carbocycles. The summed E-state index contributed by atoms with van der Waals surface area (Å²) in [5.41, 5.74) is 7.18. The average Bonchev–Trinajstić information content (AvgIpc) is 2.47. The Hall–Kier alpha value is -1.14. The number of nitrogens with two attached hydrogens (primary N) is 1. The molecular formula is C13H21N3O2. The van der Waals surface area contributed by atoms with Gasteiger partial charge in [-0.05, 0) is 17.7 Å². The molecule has 0 amide bonds. The summed E-state index contributed by atoms with van der Waals surface area (Å²) in [5, 5.41) is 22.6. The first-order valence-electron chi connectivity index (χ1n) is 6.34. The lowest BCUT2D eigenvalue weighted by Gasteiger charge is -2.29. The summed E-state index contributed by atoms with van der Waals surface area (Å²) in [6.45, 7) is 4.04. The van der Waals surface area contributed by atoms with Crippen molar-refractivity contribution >= 4 is 5.69 Å². The number of benzene rings is 1. The fraction of sp³-hybridized carbons (Fsp3) is 0.538. The van der Waals surface area contributed by atoms with E-state index < -0.39 is 12.2 Å². The molecule has 100 valence electrons. The zero-order valence-electron chi connectivity index (χ0n) is 10.4. The highest BCUT2D eigenvalue weighted by atomic mass is 16.3. The van der Waals surface area contributed by atoms with Gasteiger partial charge in [0.25, 0.3) is 0 Å². The first-order valence-corrected chi connectivity index (χ1v) is 6.34. The zero-order chi connectivity index (χ0) is 13.0. The largest absolute Gasteiger partial charge is 0.389 e. The first-order chi connectivity index (χ1) is 8.72. The molecule has 0 bridgehead atoms. The molecule has 0 spiro atoms. The van der Waals surface area contributed by atoms with E-state index in [-0.39, 0.29) is 6.54 Å². The second kappa shape index (κ2) is 6.15. The SMILES string of the molecule is NCC(O)C(O)c1ccc(N2CCNCC2)cc1. The van der Waals surface area contributed by atoms with Crippen molar-refractivity contribution in [1.29, 1.82) is 0 Å². The lowest BCUT2D eigenvalue weighted by atomic mass is 10.0. The van der Waals surface area contributed by atoms with Gasteiger partial charge in [-0.2, -0.15) is 0 Å². The molecule has 5 nitrogen and oxygen atoms in total. The molecule has 5 N–H and O–H groups in total. The molecule has 1 aromatic carbocycles. The number of aliphatic hydroxyl groups is 2. The molecule has 0 aromatic heterocycles. The third-order valence-corrected chi connectivity index (χ3v) is 3.32. The Bertz CT molecular complexity index is 342. The maximum atomic E-state index is 9.84. The molecule has 18 heavy (non-hydrogen) atoms. The van der Waals surface area contributed by atoms with E-state index in [1.807, 2.05) is 24.3 Å². The molecule has 1 heterocycles. The Balaban J connectivity index is 2.04. The molecule has 0 radical (unpaired) electrons. The van der Waals surface area contributed by atoms with Crippen molar-refractivity contribution in [3.05, 3.63) is 29.8 Å². The van der Waals surface area contributed by atoms with Crippen LogP contribution in [0.3, 0.4) is 0 Å². The number of nitrogens with zero attached hydrogens (tertiary/aromatic N) is 1. The van der Waals surface area contributed by atoms with Gasteiger partial charge in [0.15, 0.2) is 0 Å². The topological polar surface area (TPSA) is 81.8 Å². The van der Waals surface area contributed by atoms with E-state index in [0.717, 1.165) is 31.9 Å². The van der Waals surface area contributed by atoms with E-state index >= 15 is 0 Å². The second-order valence-electron chi connectivity index (χ2n) is 4.58. The van der Waals surface area contributed by atoms with E-state index in [9.17, 15) is 10.2 Å². The van der Waals surface area contributed by atoms with Gasteiger partial charge in [0.1, 0.15) is 6.10 Å². The molecule has 2 atom stereocenters. The normalized spacial score (nSPS) is 19.6. The molecule has 1 aliphatic rings. The third kappa shape index (κ3) is 3.00. The van der Waals surface area contributed by atoms with Crippen LogP contribution in [0.1, 0.15) is 11.7 Å². The van der Waals surface area contributed by atoms with Crippen LogP contribution in [-0.2, 0) is 0 Å². The fourth-order valence-corrected chi connectivity index (χ4v) is 2.16. The van der Waals surface area contributed by atoms with Crippen molar-refractivity contribution in [2.45, 2.75) is 12.2 Å². The predicted molar refractivity (Wildman–Crippen MR) is 71.5 cm³/mol. The highest BCUT2D eigenvalue weighted by Crippen LogP contribution is 2.21. The standard InChI is InChI=1S/C13H21N3O2/c14-9-12(17)13(18)10-1-3-11(4-2-10)16-7-5-15-6-8-16/h1-4,12-13,15,17-18H,5-9,14H2. The van der Waals surface area contributed by atoms with Crippen molar-refractivity contribution in [3.8, 4) is 0 Å². The van der Waals surface area contributed by atoms with E-state index in [0.29, 0.717) is 5.56 Å². The van der Waals surface area contributed by atoms with E-state index in [2.05, 4.69) is 10.2 Å². The smallest absolute Gasteiger partial charge is 0.106 e. The molecular weight excluding hydrogens is 230 g/mol. The molecule has 1 fully saturated rings. The van der Waals surface area contributed by atoms with Gasteiger partial charge in [-0.25, -0.2) is 0 Å². The minimum absolute atomic E-state index is 0.0563. The number of piperazine rings is 1. The van der Waals surface area contributed by atoms with Crippen LogP contribution in [0.25, 0.3) is 0 Å². The molecule has 2 unspecified atom stereocenters. The number of nitrogens with one attached hydrogen (secondary N) is 1. The minimum Gasteiger partial charge on any atom is -0.389 e. The number of anilines is 1. The summed E-state index contributed by atoms with van der Waals surface area (Å²) in [6, 6.07) is 7.65. The number of hydrogen-bond donors (Lipinski definition) is 4. The Kier molecular flexibility index (Phi) is 4.54. The van der Waals surface area contributed by atoms with Gasteiger partial charge in [-0.1, -0.05) is 12.1 Å². The van der Waals surface area contributed by atoms with Gasteiger partial charge in [0, 0.05) is 38.4 Å². The van der Waals surface area contributed by atoms with Crippen LogP contribution in [0, 0.1) is 0 Å². The number of rotatable bonds is 4. The van der Waals surface area contributed by atoms with Crippen LogP contribution in [0.15, 0.2) is 24.3 Å². The Labute approximate surface area is 107 Å². The van der Waals surface area contributed by atoms with Gasteiger partial charge >= 0.3 is 0 Å². The van der Waals surface area contributed by atoms with Crippen molar-refractivity contribution < 1.29 is 10.2 Å². The van der Waals surface area contributed by atoms with Crippen molar-refractivity contribution in [2.24, 2.45) is 5.73 Å². The molecule has 1 aromatic rings. The zero-order valence-corrected chi connectivity index (χ0v) is 10.4. The van der Waals surface area contributed by atoms with Crippen LogP contribution in [0.2, 0.25) is 0 Å². The number of hydrogen-bond acceptors (Lipinski definition) is 5. The lowest BCUT2D eigenvalue weighted by Crippen LogP contribution is -2.43. The van der Waals surface area contributed by atoms with Gasteiger partial charge in [-0.3, -0.25) is 0 Å². The van der Waals surface area contributed by atoms with Crippen molar-refractivity contribution in [2.75, 3.05) is 37.6 Å². The Morgan fingerprint density at radius 3 is 2.33 bits per heavy atom. The van der Waals surface area contributed by atoms with Crippen LogP contribution >= 0.6 is 0 Å². The monoisotopic (exact) mass is 251 g/mol. The van der Waals surface area contributed by atoms with Crippen molar-refractivity contribution in [3.63, 3.8) is 0 Å². The summed E-state index contributed by atoms with van der Waals surface area (Å²) >= 11 is 0.